The van der Waals surface area contributed by atoms with Crippen LogP contribution in [0.25, 0.3) is 0 Å². The lowest BCUT2D eigenvalue weighted by Crippen LogP contribution is -2.02. The van der Waals surface area contributed by atoms with Gasteiger partial charge in [0.25, 0.3) is 0 Å². The highest BCUT2D eigenvalue weighted by Crippen LogP contribution is 2.11. The monoisotopic (exact) mass is 244 g/mol. The van der Waals surface area contributed by atoms with E-state index in [1.165, 1.54) is 12.3 Å². The Hall–Kier alpha value is -2.23. The highest BCUT2D eigenvalue weighted by atomic mass is 19.1. The molecular weight excluding hydrogens is 231 g/mol. The fraction of sp³-hybridized carbons (Fsp3) is 0.143. The van der Waals surface area contributed by atoms with Crippen molar-refractivity contribution in [3.05, 3.63) is 59.7 Å². The number of benzene rings is 1. The van der Waals surface area contributed by atoms with E-state index in [0.29, 0.717) is 24.1 Å². The summed E-state index contributed by atoms with van der Waals surface area (Å²) >= 11 is 0. The van der Waals surface area contributed by atoms with Crippen molar-refractivity contribution in [3.8, 4) is 0 Å². The summed E-state index contributed by atoms with van der Waals surface area (Å²) in [5.41, 5.74) is 7.62. The summed E-state index contributed by atoms with van der Waals surface area (Å²) in [6.07, 6.45) is 3.36. The molecule has 1 heterocycles. The van der Waals surface area contributed by atoms with Crippen LogP contribution in [-0.4, -0.2) is 10.8 Å². The number of nitrogen functional groups attached to an aromatic ring is 1. The van der Waals surface area contributed by atoms with E-state index < -0.39 is 5.82 Å². The Morgan fingerprint density at radius 1 is 1.28 bits per heavy atom. The van der Waals surface area contributed by atoms with E-state index in [4.69, 9.17) is 5.73 Å². The molecule has 3 nitrogen and oxygen atoms in total. The minimum absolute atomic E-state index is 0.121. The fourth-order valence-electron chi connectivity index (χ4n) is 1.72. The summed E-state index contributed by atoms with van der Waals surface area (Å²) in [4.78, 5) is 15.5. The van der Waals surface area contributed by atoms with E-state index in [1.807, 2.05) is 18.2 Å². The summed E-state index contributed by atoms with van der Waals surface area (Å²) in [6.45, 7) is 0. The number of pyridine rings is 1. The van der Waals surface area contributed by atoms with E-state index in [0.717, 1.165) is 11.8 Å². The van der Waals surface area contributed by atoms with Crippen molar-refractivity contribution >= 4 is 11.5 Å². The molecule has 0 atom stereocenters. The van der Waals surface area contributed by atoms with Gasteiger partial charge in [-0.05, 0) is 30.2 Å². The predicted molar refractivity (Wildman–Crippen MR) is 67.7 cm³/mol. The second kappa shape index (κ2) is 5.40. The minimum Gasteiger partial charge on any atom is -0.399 e. The average Bonchev–Trinajstić information content (AvgIpc) is 2.36. The maximum atomic E-state index is 12.9. The van der Waals surface area contributed by atoms with Gasteiger partial charge < -0.3 is 5.73 Å². The first-order valence-electron chi connectivity index (χ1n) is 5.63. The van der Waals surface area contributed by atoms with Crippen LogP contribution in [0.5, 0.6) is 0 Å². The number of carbonyl (C=O) groups is 1. The standard InChI is InChI=1S/C14H13FN2O/c15-12-7-11(8-17-9-12)14(18)5-4-10-2-1-3-13(16)6-10/h1-3,6-9H,4-5,16H2. The molecule has 4 heteroatoms. The van der Waals surface area contributed by atoms with E-state index >= 15 is 0 Å². The molecule has 1 aromatic heterocycles. The number of hydrogen-bond donors (Lipinski definition) is 1. The van der Waals surface area contributed by atoms with Crippen LogP contribution >= 0.6 is 0 Å². The van der Waals surface area contributed by atoms with Crippen molar-refractivity contribution in [2.24, 2.45) is 0 Å². The molecule has 2 aromatic rings. The Labute approximate surface area is 104 Å². The summed E-state index contributed by atoms with van der Waals surface area (Å²) < 4.78 is 12.9. The second-order valence-corrected chi connectivity index (χ2v) is 4.06. The highest BCUT2D eigenvalue weighted by Gasteiger charge is 2.07. The van der Waals surface area contributed by atoms with Crippen molar-refractivity contribution in [1.29, 1.82) is 0 Å². The number of nitrogens with two attached hydrogens (primary N) is 1. The molecule has 0 unspecified atom stereocenters. The number of anilines is 1. The fourth-order valence-corrected chi connectivity index (χ4v) is 1.72. The molecule has 0 fully saturated rings. The highest BCUT2D eigenvalue weighted by molar-refractivity contribution is 5.95. The minimum atomic E-state index is -0.496. The smallest absolute Gasteiger partial charge is 0.164 e. The number of Topliss-reactive ketones (excluding diaryl/α,β-unsaturated/α-hetero) is 1. The number of halogens is 1. The topological polar surface area (TPSA) is 56.0 Å². The SMILES string of the molecule is Nc1cccc(CCC(=O)c2cncc(F)c2)c1. The number of rotatable bonds is 4. The third-order valence-electron chi connectivity index (χ3n) is 2.62. The lowest BCUT2D eigenvalue weighted by molar-refractivity contribution is 0.0982. The molecule has 0 aliphatic rings. The van der Waals surface area contributed by atoms with Gasteiger partial charge in [-0.15, -0.1) is 0 Å². The molecule has 0 bridgehead atoms. The molecule has 0 aliphatic heterocycles. The van der Waals surface area contributed by atoms with Crippen molar-refractivity contribution in [2.75, 3.05) is 5.73 Å². The van der Waals surface area contributed by atoms with Gasteiger partial charge in [-0.1, -0.05) is 12.1 Å². The Bertz CT molecular complexity index is 569. The zero-order valence-corrected chi connectivity index (χ0v) is 9.77. The molecular formula is C14H13FN2O. The first-order valence-corrected chi connectivity index (χ1v) is 5.63. The van der Waals surface area contributed by atoms with Gasteiger partial charge in [0, 0.05) is 23.9 Å². The van der Waals surface area contributed by atoms with E-state index in [9.17, 15) is 9.18 Å². The molecule has 0 aliphatic carbocycles. The molecule has 2 rings (SSSR count). The van der Waals surface area contributed by atoms with Crippen LogP contribution in [0.4, 0.5) is 10.1 Å². The molecule has 92 valence electrons. The van der Waals surface area contributed by atoms with Crippen LogP contribution in [0.1, 0.15) is 22.3 Å². The van der Waals surface area contributed by atoms with Crippen molar-refractivity contribution in [1.82, 2.24) is 4.98 Å². The van der Waals surface area contributed by atoms with Crippen LogP contribution in [0.2, 0.25) is 0 Å². The van der Waals surface area contributed by atoms with Crippen LogP contribution in [0.15, 0.2) is 42.7 Å². The van der Waals surface area contributed by atoms with E-state index in [-0.39, 0.29) is 5.78 Å². The first kappa shape index (κ1) is 12.2. The van der Waals surface area contributed by atoms with Gasteiger partial charge in [-0.3, -0.25) is 9.78 Å². The van der Waals surface area contributed by atoms with Crippen molar-refractivity contribution in [2.45, 2.75) is 12.8 Å². The van der Waals surface area contributed by atoms with Gasteiger partial charge in [-0.25, -0.2) is 4.39 Å². The first-order chi connectivity index (χ1) is 8.65. The van der Waals surface area contributed by atoms with Crippen LogP contribution in [0.3, 0.4) is 0 Å². The number of hydrogen-bond acceptors (Lipinski definition) is 3. The summed E-state index contributed by atoms with van der Waals surface area (Å²) in [5.74, 6) is -0.616. The largest absolute Gasteiger partial charge is 0.399 e. The second-order valence-electron chi connectivity index (χ2n) is 4.06. The van der Waals surface area contributed by atoms with Gasteiger partial charge in [-0.2, -0.15) is 0 Å². The van der Waals surface area contributed by atoms with Crippen LogP contribution < -0.4 is 5.73 Å². The summed E-state index contributed by atoms with van der Waals surface area (Å²) in [6, 6.07) is 8.58. The predicted octanol–water partition coefficient (Wildman–Crippen LogP) is 2.62. The Kier molecular flexibility index (Phi) is 3.67. The Morgan fingerprint density at radius 2 is 2.11 bits per heavy atom. The lowest BCUT2D eigenvalue weighted by atomic mass is 10.0. The Morgan fingerprint density at radius 3 is 2.83 bits per heavy atom. The molecule has 0 saturated heterocycles. The van der Waals surface area contributed by atoms with Gasteiger partial charge >= 0.3 is 0 Å². The van der Waals surface area contributed by atoms with E-state index in [1.54, 1.807) is 6.07 Å². The number of ketones is 1. The third kappa shape index (κ3) is 3.13. The maximum Gasteiger partial charge on any atom is 0.164 e. The number of aryl methyl sites for hydroxylation is 1. The molecule has 0 saturated carbocycles. The molecule has 0 amide bonds. The molecule has 1 aromatic carbocycles. The lowest BCUT2D eigenvalue weighted by Gasteiger charge is -2.02. The number of nitrogens with zero attached hydrogens (tertiary/aromatic N) is 1. The zero-order chi connectivity index (χ0) is 13.0. The molecule has 18 heavy (non-hydrogen) atoms. The van der Waals surface area contributed by atoms with Gasteiger partial charge in [0.15, 0.2) is 5.78 Å². The van der Waals surface area contributed by atoms with E-state index in [2.05, 4.69) is 4.98 Å². The average molecular weight is 244 g/mol. The molecule has 2 N–H and O–H groups in total. The van der Waals surface area contributed by atoms with Gasteiger partial charge in [0.05, 0.1) is 6.20 Å². The molecule has 0 radical (unpaired) electrons. The van der Waals surface area contributed by atoms with Crippen LogP contribution in [0, 0.1) is 5.82 Å². The van der Waals surface area contributed by atoms with Crippen molar-refractivity contribution < 1.29 is 9.18 Å². The zero-order valence-electron chi connectivity index (χ0n) is 9.77. The quantitative estimate of drug-likeness (QED) is 0.664. The summed E-state index contributed by atoms with van der Waals surface area (Å²) in [5, 5.41) is 0. The van der Waals surface area contributed by atoms with Gasteiger partial charge in [0.1, 0.15) is 5.82 Å². The number of carbonyl (C=O) groups excluding carboxylic acids is 1. The van der Waals surface area contributed by atoms with Crippen molar-refractivity contribution in [3.63, 3.8) is 0 Å². The Balaban J connectivity index is 2.00. The third-order valence-corrected chi connectivity index (χ3v) is 2.62. The van der Waals surface area contributed by atoms with Gasteiger partial charge in [0.2, 0.25) is 0 Å². The molecule has 0 spiro atoms. The van der Waals surface area contributed by atoms with Crippen LogP contribution in [-0.2, 0) is 6.42 Å². The summed E-state index contributed by atoms with van der Waals surface area (Å²) in [7, 11) is 0. The maximum absolute atomic E-state index is 12.9. The number of aromatic nitrogens is 1. The normalized spacial score (nSPS) is 10.3.